The van der Waals surface area contributed by atoms with Gasteiger partial charge in [-0.05, 0) is 37.8 Å². The summed E-state index contributed by atoms with van der Waals surface area (Å²) in [6.45, 7) is 7.42. The first-order valence-electron chi connectivity index (χ1n) is 8.50. The van der Waals surface area contributed by atoms with Crippen LogP contribution in [0.3, 0.4) is 0 Å². The Hall–Kier alpha value is -0.960. The number of piperazine rings is 1. The molecule has 2 saturated heterocycles. The molecule has 134 valence electrons. The van der Waals surface area contributed by atoms with E-state index < -0.39 is 10.0 Å². The summed E-state index contributed by atoms with van der Waals surface area (Å²) in [5, 5.41) is 3.30. The van der Waals surface area contributed by atoms with E-state index in [1.54, 1.807) is 21.3 Å². The van der Waals surface area contributed by atoms with Crippen LogP contribution in [0.15, 0.2) is 16.3 Å². The standard InChI is InChI=1S/C16H25N3O3S2/c1-12-5-8-19(9-6-12)24(21,22)15-4-3-14(23-15)16(20)18-10-7-17-13(2)11-18/h3-4,12-13,17H,5-11H2,1-2H3. The van der Waals surface area contributed by atoms with Gasteiger partial charge in [0.2, 0.25) is 0 Å². The van der Waals surface area contributed by atoms with Gasteiger partial charge in [0.05, 0.1) is 4.88 Å². The second-order valence-corrected chi connectivity index (χ2v) is 10.1. The van der Waals surface area contributed by atoms with Gasteiger partial charge in [-0.1, -0.05) is 6.92 Å². The number of carbonyl (C=O) groups excluding carboxylic acids is 1. The van der Waals surface area contributed by atoms with Crippen LogP contribution < -0.4 is 5.32 Å². The van der Waals surface area contributed by atoms with Gasteiger partial charge in [-0.3, -0.25) is 4.79 Å². The smallest absolute Gasteiger partial charge is 0.264 e. The first-order chi connectivity index (χ1) is 11.4. The monoisotopic (exact) mass is 371 g/mol. The van der Waals surface area contributed by atoms with Crippen molar-refractivity contribution in [2.24, 2.45) is 5.92 Å². The summed E-state index contributed by atoms with van der Waals surface area (Å²) >= 11 is 1.10. The van der Waals surface area contributed by atoms with Crippen molar-refractivity contribution in [2.45, 2.75) is 36.9 Å². The van der Waals surface area contributed by atoms with E-state index in [1.807, 2.05) is 6.92 Å². The molecule has 2 aliphatic rings. The first-order valence-corrected chi connectivity index (χ1v) is 10.8. The van der Waals surface area contributed by atoms with Gasteiger partial charge in [0.25, 0.3) is 15.9 Å². The topological polar surface area (TPSA) is 69.7 Å². The summed E-state index contributed by atoms with van der Waals surface area (Å²) < 4.78 is 27.4. The van der Waals surface area contributed by atoms with Crippen molar-refractivity contribution in [1.29, 1.82) is 0 Å². The summed E-state index contributed by atoms with van der Waals surface area (Å²) in [7, 11) is -3.47. The van der Waals surface area contributed by atoms with Crippen LogP contribution in [0.1, 0.15) is 36.4 Å². The Bertz CT molecular complexity index is 693. The van der Waals surface area contributed by atoms with Crippen molar-refractivity contribution in [3.63, 3.8) is 0 Å². The third-order valence-electron chi connectivity index (χ3n) is 4.78. The highest BCUT2D eigenvalue weighted by molar-refractivity contribution is 7.91. The van der Waals surface area contributed by atoms with Crippen LogP contribution in [0.25, 0.3) is 0 Å². The Morgan fingerprint density at radius 2 is 1.92 bits per heavy atom. The number of rotatable bonds is 3. The predicted molar refractivity (Wildman–Crippen MR) is 94.8 cm³/mol. The van der Waals surface area contributed by atoms with Gasteiger partial charge in [0.1, 0.15) is 4.21 Å². The largest absolute Gasteiger partial charge is 0.335 e. The number of carbonyl (C=O) groups is 1. The average Bonchev–Trinajstić information content (AvgIpc) is 3.05. The molecule has 1 N–H and O–H groups in total. The van der Waals surface area contributed by atoms with E-state index in [0.717, 1.165) is 30.7 Å². The minimum absolute atomic E-state index is 0.0675. The van der Waals surface area contributed by atoms with E-state index in [4.69, 9.17) is 0 Å². The Kier molecular flexibility index (Phi) is 5.29. The van der Waals surface area contributed by atoms with Crippen LogP contribution in [-0.2, 0) is 10.0 Å². The van der Waals surface area contributed by atoms with Crippen LogP contribution >= 0.6 is 11.3 Å². The molecule has 0 spiro atoms. The predicted octanol–water partition coefficient (Wildman–Crippen LogP) is 1.60. The average molecular weight is 372 g/mol. The van der Waals surface area contributed by atoms with Gasteiger partial charge < -0.3 is 10.2 Å². The lowest BCUT2D eigenvalue weighted by molar-refractivity contribution is 0.0714. The molecule has 3 rings (SSSR count). The lowest BCUT2D eigenvalue weighted by Crippen LogP contribution is -2.51. The van der Waals surface area contributed by atoms with Crippen LogP contribution in [0, 0.1) is 5.92 Å². The zero-order valence-corrected chi connectivity index (χ0v) is 15.8. The third-order valence-corrected chi connectivity index (χ3v) is 8.22. The van der Waals surface area contributed by atoms with E-state index >= 15 is 0 Å². The number of amides is 1. The Morgan fingerprint density at radius 1 is 1.21 bits per heavy atom. The summed E-state index contributed by atoms with van der Waals surface area (Å²) in [5.74, 6) is 0.508. The van der Waals surface area contributed by atoms with Gasteiger partial charge in [0, 0.05) is 38.8 Å². The quantitative estimate of drug-likeness (QED) is 0.876. The number of hydrogen-bond donors (Lipinski definition) is 1. The van der Waals surface area contributed by atoms with E-state index in [9.17, 15) is 13.2 Å². The maximum Gasteiger partial charge on any atom is 0.264 e. The molecule has 2 aliphatic heterocycles. The normalized spacial score (nSPS) is 24.2. The molecule has 1 unspecified atom stereocenters. The highest BCUT2D eigenvalue weighted by atomic mass is 32.2. The minimum atomic E-state index is -3.47. The molecule has 0 aliphatic carbocycles. The number of nitrogens with one attached hydrogen (secondary N) is 1. The van der Waals surface area contributed by atoms with Gasteiger partial charge in [-0.2, -0.15) is 4.31 Å². The lowest BCUT2D eigenvalue weighted by atomic mass is 10.0. The second kappa shape index (κ2) is 7.11. The van der Waals surface area contributed by atoms with E-state index in [2.05, 4.69) is 12.2 Å². The molecule has 8 heteroatoms. The number of sulfonamides is 1. The molecule has 0 bridgehead atoms. The molecular weight excluding hydrogens is 346 g/mol. The van der Waals surface area contributed by atoms with Gasteiger partial charge in [-0.15, -0.1) is 11.3 Å². The zero-order valence-electron chi connectivity index (χ0n) is 14.2. The van der Waals surface area contributed by atoms with Crippen molar-refractivity contribution >= 4 is 27.3 Å². The maximum absolute atomic E-state index is 12.8. The van der Waals surface area contributed by atoms with E-state index in [-0.39, 0.29) is 16.2 Å². The Morgan fingerprint density at radius 3 is 2.58 bits per heavy atom. The molecule has 1 aromatic heterocycles. The highest BCUT2D eigenvalue weighted by Crippen LogP contribution is 2.29. The van der Waals surface area contributed by atoms with Crippen LogP contribution in [0.5, 0.6) is 0 Å². The number of piperidine rings is 1. The summed E-state index contributed by atoms with van der Waals surface area (Å²) in [6.07, 6.45) is 1.80. The van der Waals surface area contributed by atoms with Gasteiger partial charge in [-0.25, -0.2) is 8.42 Å². The molecule has 6 nitrogen and oxygen atoms in total. The van der Waals surface area contributed by atoms with Gasteiger partial charge in [0.15, 0.2) is 0 Å². The fraction of sp³-hybridized carbons (Fsp3) is 0.688. The zero-order chi connectivity index (χ0) is 17.3. The van der Waals surface area contributed by atoms with Crippen LogP contribution in [0.4, 0.5) is 0 Å². The van der Waals surface area contributed by atoms with E-state index in [0.29, 0.717) is 37.0 Å². The van der Waals surface area contributed by atoms with Crippen LogP contribution in [0.2, 0.25) is 0 Å². The maximum atomic E-state index is 12.8. The SMILES string of the molecule is CC1CCN(S(=O)(=O)c2ccc(C(=O)N3CCNC(C)C3)s2)CC1. The lowest BCUT2D eigenvalue weighted by Gasteiger charge is -2.31. The van der Waals surface area contributed by atoms with Gasteiger partial charge >= 0.3 is 0 Å². The fourth-order valence-corrected chi connectivity index (χ4v) is 6.10. The number of thiophene rings is 1. The minimum Gasteiger partial charge on any atom is -0.335 e. The van der Waals surface area contributed by atoms with Crippen molar-refractivity contribution in [3.05, 3.63) is 17.0 Å². The number of nitrogens with zero attached hydrogens (tertiary/aromatic N) is 2. The van der Waals surface area contributed by atoms with Crippen LogP contribution in [-0.4, -0.2) is 62.3 Å². The molecule has 3 heterocycles. The molecule has 0 saturated carbocycles. The summed E-state index contributed by atoms with van der Waals surface area (Å²) in [4.78, 5) is 14.9. The summed E-state index contributed by atoms with van der Waals surface area (Å²) in [6, 6.07) is 3.50. The molecule has 1 aromatic rings. The Labute approximate surface area is 147 Å². The molecule has 2 fully saturated rings. The molecule has 1 atom stereocenters. The third kappa shape index (κ3) is 3.66. The van der Waals surface area contributed by atoms with Crippen molar-refractivity contribution < 1.29 is 13.2 Å². The number of hydrogen-bond acceptors (Lipinski definition) is 5. The Balaban J connectivity index is 1.73. The molecule has 0 radical (unpaired) electrons. The molecular formula is C16H25N3O3S2. The highest BCUT2D eigenvalue weighted by Gasteiger charge is 2.31. The van der Waals surface area contributed by atoms with Crippen molar-refractivity contribution in [2.75, 3.05) is 32.7 Å². The van der Waals surface area contributed by atoms with Crippen molar-refractivity contribution in [1.82, 2.24) is 14.5 Å². The fourth-order valence-electron chi connectivity index (χ4n) is 3.20. The second-order valence-electron chi connectivity index (χ2n) is 6.81. The first kappa shape index (κ1) is 17.8. The molecule has 1 amide bonds. The van der Waals surface area contributed by atoms with Crippen molar-refractivity contribution in [3.8, 4) is 0 Å². The summed E-state index contributed by atoms with van der Waals surface area (Å²) in [5.41, 5.74) is 0. The molecule has 0 aromatic carbocycles. The van der Waals surface area contributed by atoms with E-state index in [1.165, 1.54) is 0 Å². The molecule has 24 heavy (non-hydrogen) atoms.